The van der Waals surface area contributed by atoms with Gasteiger partial charge in [0, 0.05) is 23.7 Å². The number of nitrogens with one attached hydrogen (secondary N) is 2. The molecule has 2 N–H and O–H groups in total. The predicted octanol–water partition coefficient (Wildman–Crippen LogP) is 2.04. The van der Waals surface area contributed by atoms with E-state index >= 15 is 0 Å². The summed E-state index contributed by atoms with van der Waals surface area (Å²) in [6, 6.07) is 3.52. The molecule has 2 aliphatic rings. The lowest BCUT2D eigenvalue weighted by Gasteiger charge is -2.23. The summed E-state index contributed by atoms with van der Waals surface area (Å²) in [6.07, 6.45) is 3.16. The average Bonchev–Trinajstić information content (AvgIpc) is 3.27. The molecular formula is C17H24N2O4. The third-order valence-electron chi connectivity index (χ3n) is 5.04. The smallest absolute Gasteiger partial charge is 0.228 e. The molecule has 0 bridgehead atoms. The zero-order chi connectivity index (χ0) is 16.4. The Kier molecular flexibility index (Phi) is 4.35. The first-order valence-corrected chi connectivity index (χ1v) is 7.95. The highest BCUT2D eigenvalue weighted by Crippen LogP contribution is 2.58. The molecule has 1 atom stereocenters. The number of rotatable bonds is 5. The molecule has 0 aromatic heterocycles. The van der Waals surface area contributed by atoms with Gasteiger partial charge in [0.25, 0.3) is 0 Å². The van der Waals surface area contributed by atoms with E-state index in [-0.39, 0.29) is 17.2 Å². The Labute approximate surface area is 136 Å². The molecule has 1 amide bonds. The number of piperidine rings is 1. The maximum Gasteiger partial charge on any atom is 0.228 e. The van der Waals surface area contributed by atoms with Gasteiger partial charge < -0.3 is 24.8 Å². The monoisotopic (exact) mass is 320 g/mol. The fraction of sp³-hybridized carbons (Fsp3) is 0.588. The van der Waals surface area contributed by atoms with Gasteiger partial charge in [-0.3, -0.25) is 4.79 Å². The van der Waals surface area contributed by atoms with Crippen LogP contribution in [0, 0.1) is 11.3 Å². The molecule has 23 heavy (non-hydrogen) atoms. The van der Waals surface area contributed by atoms with Gasteiger partial charge in [-0.2, -0.15) is 0 Å². The maximum absolute atomic E-state index is 12.6. The zero-order valence-electron chi connectivity index (χ0n) is 13.9. The minimum Gasteiger partial charge on any atom is -0.493 e. The largest absolute Gasteiger partial charge is 0.493 e. The molecule has 1 saturated carbocycles. The van der Waals surface area contributed by atoms with Crippen LogP contribution >= 0.6 is 0 Å². The molecule has 1 aromatic carbocycles. The van der Waals surface area contributed by atoms with Crippen molar-refractivity contribution < 1.29 is 19.0 Å². The summed E-state index contributed by atoms with van der Waals surface area (Å²) in [4.78, 5) is 12.6. The number of hydrogen-bond donors (Lipinski definition) is 2. The van der Waals surface area contributed by atoms with Crippen LogP contribution in [0.1, 0.15) is 19.3 Å². The van der Waals surface area contributed by atoms with Crippen molar-refractivity contribution in [3.05, 3.63) is 12.1 Å². The highest BCUT2D eigenvalue weighted by molar-refractivity contribution is 5.95. The van der Waals surface area contributed by atoms with Crippen molar-refractivity contribution in [2.45, 2.75) is 19.3 Å². The van der Waals surface area contributed by atoms with Crippen LogP contribution in [0.4, 0.5) is 5.69 Å². The molecule has 6 nitrogen and oxygen atoms in total. The summed E-state index contributed by atoms with van der Waals surface area (Å²) in [5, 5.41) is 6.35. The predicted molar refractivity (Wildman–Crippen MR) is 87.4 cm³/mol. The third kappa shape index (κ3) is 2.95. The van der Waals surface area contributed by atoms with Crippen molar-refractivity contribution in [2.75, 3.05) is 39.7 Å². The molecule has 1 saturated heterocycles. The van der Waals surface area contributed by atoms with Gasteiger partial charge in [-0.25, -0.2) is 0 Å². The second kappa shape index (κ2) is 6.28. The molecular weight excluding hydrogens is 296 g/mol. The van der Waals surface area contributed by atoms with E-state index in [0.717, 1.165) is 32.4 Å². The van der Waals surface area contributed by atoms with Gasteiger partial charge in [0.05, 0.1) is 21.3 Å². The van der Waals surface area contributed by atoms with Gasteiger partial charge in [-0.05, 0) is 37.8 Å². The van der Waals surface area contributed by atoms with Gasteiger partial charge >= 0.3 is 0 Å². The SMILES string of the molecule is COc1cc(NC(=O)C2CC23CCNCC3)cc(OC)c1OC. The molecule has 1 aliphatic heterocycles. The van der Waals surface area contributed by atoms with Gasteiger partial charge in [0.2, 0.25) is 11.7 Å². The quantitative estimate of drug-likeness (QED) is 0.869. The lowest BCUT2D eigenvalue weighted by atomic mass is 9.92. The van der Waals surface area contributed by atoms with E-state index in [1.807, 2.05) is 0 Å². The first kappa shape index (κ1) is 15.9. The summed E-state index contributed by atoms with van der Waals surface area (Å²) < 4.78 is 15.9. The molecule has 126 valence electrons. The van der Waals surface area contributed by atoms with Crippen LogP contribution in [0.25, 0.3) is 0 Å². The molecule has 0 radical (unpaired) electrons. The summed E-state index contributed by atoms with van der Waals surface area (Å²) in [7, 11) is 4.69. The van der Waals surface area contributed by atoms with Gasteiger partial charge in [-0.15, -0.1) is 0 Å². The first-order valence-electron chi connectivity index (χ1n) is 7.95. The second-order valence-electron chi connectivity index (χ2n) is 6.27. The van der Waals surface area contributed by atoms with E-state index in [1.165, 1.54) is 0 Å². The lowest BCUT2D eigenvalue weighted by molar-refractivity contribution is -0.118. The van der Waals surface area contributed by atoms with Crippen molar-refractivity contribution in [3.8, 4) is 17.2 Å². The summed E-state index contributed by atoms with van der Waals surface area (Å²) in [5.41, 5.74) is 0.885. The molecule has 6 heteroatoms. The number of hydrogen-bond acceptors (Lipinski definition) is 5. The van der Waals surface area contributed by atoms with Gasteiger partial charge in [0.15, 0.2) is 11.5 Å². The standard InChI is InChI=1S/C17H24N2O4/c1-21-13-8-11(9-14(22-2)15(13)23-3)19-16(20)12-10-17(12)4-6-18-7-5-17/h8-9,12,18H,4-7,10H2,1-3H3,(H,19,20). The van der Waals surface area contributed by atoms with Gasteiger partial charge in [-0.1, -0.05) is 0 Å². The van der Waals surface area contributed by atoms with Crippen molar-refractivity contribution in [3.63, 3.8) is 0 Å². The first-order chi connectivity index (χ1) is 11.1. The third-order valence-corrected chi connectivity index (χ3v) is 5.04. The van der Waals surface area contributed by atoms with Crippen LogP contribution < -0.4 is 24.8 Å². The summed E-state index contributed by atoms with van der Waals surface area (Å²) in [6.45, 7) is 2.02. The number of carbonyl (C=O) groups is 1. The van der Waals surface area contributed by atoms with Crippen LogP contribution in [0.5, 0.6) is 17.2 Å². The minimum atomic E-state index is 0.0844. The van der Waals surface area contributed by atoms with Crippen molar-refractivity contribution in [1.29, 1.82) is 0 Å². The Morgan fingerprint density at radius 3 is 2.26 bits per heavy atom. The molecule has 1 heterocycles. The van der Waals surface area contributed by atoms with Crippen LogP contribution in [-0.4, -0.2) is 40.3 Å². The normalized spacial score (nSPS) is 21.6. The Morgan fingerprint density at radius 2 is 1.74 bits per heavy atom. The number of ether oxygens (including phenoxy) is 3. The van der Waals surface area contributed by atoms with Crippen molar-refractivity contribution >= 4 is 11.6 Å². The number of benzene rings is 1. The number of carbonyl (C=O) groups excluding carboxylic acids is 1. The van der Waals surface area contributed by atoms with Crippen LogP contribution in [-0.2, 0) is 4.79 Å². The second-order valence-corrected chi connectivity index (χ2v) is 6.27. The molecule has 1 aromatic rings. The molecule has 3 rings (SSSR count). The molecule has 1 unspecified atom stereocenters. The summed E-state index contributed by atoms with van der Waals surface area (Å²) in [5.74, 6) is 1.79. The fourth-order valence-corrected chi connectivity index (χ4v) is 3.58. The highest BCUT2D eigenvalue weighted by atomic mass is 16.5. The van der Waals surface area contributed by atoms with E-state index in [0.29, 0.717) is 22.9 Å². The Bertz CT molecular complexity index is 571. The maximum atomic E-state index is 12.6. The van der Waals surface area contributed by atoms with E-state index in [9.17, 15) is 4.79 Å². The van der Waals surface area contributed by atoms with Crippen LogP contribution in [0.15, 0.2) is 12.1 Å². The van der Waals surface area contributed by atoms with E-state index < -0.39 is 0 Å². The Hall–Kier alpha value is -1.95. The van der Waals surface area contributed by atoms with Crippen molar-refractivity contribution in [2.24, 2.45) is 11.3 Å². The lowest BCUT2D eigenvalue weighted by Crippen LogP contribution is -2.31. The highest BCUT2D eigenvalue weighted by Gasteiger charge is 2.57. The van der Waals surface area contributed by atoms with Crippen molar-refractivity contribution in [1.82, 2.24) is 5.32 Å². The topological polar surface area (TPSA) is 68.8 Å². The zero-order valence-corrected chi connectivity index (χ0v) is 13.9. The molecule has 1 spiro atoms. The summed E-state index contributed by atoms with van der Waals surface area (Å²) >= 11 is 0. The van der Waals surface area contributed by atoms with E-state index in [4.69, 9.17) is 14.2 Å². The van der Waals surface area contributed by atoms with E-state index in [2.05, 4.69) is 10.6 Å². The van der Waals surface area contributed by atoms with Gasteiger partial charge in [0.1, 0.15) is 0 Å². The molecule has 2 fully saturated rings. The minimum absolute atomic E-state index is 0.0844. The Morgan fingerprint density at radius 1 is 1.13 bits per heavy atom. The Balaban J connectivity index is 1.74. The average molecular weight is 320 g/mol. The number of methoxy groups -OCH3 is 3. The van der Waals surface area contributed by atoms with Crippen LogP contribution in [0.3, 0.4) is 0 Å². The number of anilines is 1. The molecule has 1 aliphatic carbocycles. The fourth-order valence-electron chi connectivity index (χ4n) is 3.58. The van der Waals surface area contributed by atoms with Crippen LogP contribution in [0.2, 0.25) is 0 Å². The number of amides is 1. The van der Waals surface area contributed by atoms with E-state index in [1.54, 1.807) is 33.5 Å².